The van der Waals surface area contributed by atoms with Crippen LogP contribution in [0, 0.1) is 0 Å². The highest BCUT2D eigenvalue weighted by Crippen LogP contribution is 2.17. The fourth-order valence-electron chi connectivity index (χ4n) is 2.70. The minimum absolute atomic E-state index is 0.0762. The van der Waals surface area contributed by atoms with E-state index in [0.717, 1.165) is 38.4 Å². The number of urea groups is 1. The van der Waals surface area contributed by atoms with E-state index in [4.69, 9.17) is 4.74 Å². The van der Waals surface area contributed by atoms with Crippen molar-refractivity contribution in [1.29, 1.82) is 0 Å². The van der Waals surface area contributed by atoms with Crippen molar-refractivity contribution in [3.8, 4) is 0 Å². The van der Waals surface area contributed by atoms with Gasteiger partial charge in [0.05, 0.1) is 12.3 Å². The van der Waals surface area contributed by atoms with Gasteiger partial charge in [-0.05, 0) is 5.56 Å². The van der Waals surface area contributed by atoms with Crippen molar-refractivity contribution in [1.82, 2.24) is 14.8 Å². The molecule has 1 aromatic carbocycles. The van der Waals surface area contributed by atoms with Gasteiger partial charge in [-0.3, -0.25) is 10.2 Å². The number of nitrogens with one attached hydrogen (secondary N) is 1. The average Bonchev–Trinajstić information content (AvgIpc) is 3.04. The summed E-state index contributed by atoms with van der Waals surface area (Å²) in [7, 11) is 1.63. The van der Waals surface area contributed by atoms with E-state index in [1.54, 1.807) is 7.11 Å². The van der Waals surface area contributed by atoms with Gasteiger partial charge in [0.15, 0.2) is 5.13 Å². The first-order valence-electron chi connectivity index (χ1n) is 8.00. The molecule has 0 bridgehead atoms. The van der Waals surface area contributed by atoms with Crippen molar-refractivity contribution < 1.29 is 9.53 Å². The first kappa shape index (κ1) is 16.9. The van der Waals surface area contributed by atoms with Crippen molar-refractivity contribution in [2.24, 2.45) is 0 Å². The molecule has 24 heavy (non-hydrogen) atoms. The summed E-state index contributed by atoms with van der Waals surface area (Å²) in [6, 6.07) is 10.4. The van der Waals surface area contributed by atoms with Crippen LogP contribution in [0.4, 0.5) is 9.93 Å². The molecule has 1 aromatic heterocycles. The minimum Gasteiger partial charge on any atom is -0.378 e. The van der Waals surface area contributed by atoms with Crippen molar-refractivity contribution >= 4 is 22.5 Å². The highest BCUT2D eigenvalue weighted by molar-refractivity contribution is 7.13. The Labute approximate surface area is 146 Å². The molecule has 1 saturated heterocycles. The molecule has 1 fully saturated rings. The molecule has 2 heterocycles. The van der Waals surface area contributed by atoms with Gasteiger partial charge in [-0.15, -0.1) is 11.3 Å². The number of benzene rings is 1. The lowest BCUT2D eigenvalue weighted by Crippen LogP contribution is -2.49. The van der Waals surface area contributed by atoms with Crippen molar-refractivity contribution in [3.63, 3.8) is 0 Å². The molecule has 1 aliphatic heterocycles. The molecule has 0 spiro atoms. The maximum absolute atomic E-state index is 12.3. The van der Waals surface area contributed by atoms with Crippen LogP contribution in [0.2, 0.25) is 0 Å². The molecule has 3 rings (SSSR count). The third-order valence-electron chi connectivity index (χ3n) is 3.97. The minimum atomic E-state index is -0.0762. The Balaban J connectivity index is 1.46. The first-order chi connectivity index (χ1) is 11.7. The lowest BCUT2D eigenvalue weighted by atomic mass is 10.2. The van der Waals surface area contributed by atoms with Crippen molar-refractivity contribution in [2.45, 2.75) is 13.2 Å². The number of hydrogen-bond donors (Lipinski definition) is 1. The number of carbonyl (C=O) groups excluding carboxylic acids is 1. The monoisotopic (exact) mass is 346 g/mol. The first-order valence-corrected chi connectivity index (χ1v) is 8.88. The number of ether oxygens (including phenoxy) is 1. The van der Waals surface area contributed by atoms with Crippen LogP contribution in [0.15, 0.2) is 35.7 Å². The summed E-state index contributed by atoms with van der Waals surface area (Å²) >= 11 is 1.42. The number of thiazole rings is 1. The Morgan fingerprint density at radius 1 is 1.25 bits per heavy atom. The number of rotatable bonds is 5. The standard InChI is InChI=1S/C17H22N4O2S/c1-23-12-15-13-24-16(18-15)19-17(22)21-9-7-20(8-10-21)11-14-5-3-2-4-6-14/h2-6,13H,7-12H2,1H3,(H,18,19,22). The number of anilines is 1. The van der Waals surface area contributed by atoms with E-state index in [9.17, 15) is 4.79 Å². The van der Waals surface area contributed by atoms with Crippen LogP contribution < -0.4 is 5.32 Å². The zero-order chi connectivity index (χ0) is 16.8. The van der Waals surface area contributed by atoms with Crippen LogP contribution in [0.5, 0.6) is 0 Å². The van der Waals surface area contributed by atoms with E-state index in [1.165, 1.54) is 16.9 Å². The number of hydrogen-bond acceptors (Lipinski definition) is 5. The van der Waals surface area contributed by atoms with Crippen LogP contribution in [0.25, 0.3) is 0 Å². The third kappa shape index (κ3) is 4.53. The van der Waals surface area contributed by atoms with Gasteiger partial charge in [-0.25, -0.2) is 9.78 Å². The van der Waals surface area contributed by atoms with Crippen LogP contribution >= 0.6 is 11.3 Å². The third-order valence-corrected chi connectivity index (χ3v) is 4.77. The molecule has 1 N–H and O–H groups in total. The van der Waals surface area contributed by atoms with Gasteiger partial charge < -0.3 is 9.64 Å². The van der Waals surface area contributed by atoms with Gasteiger partial charge in [0.1, 0.15) is 0 Å². The lowest BCUT2D eigenvalue weighted by molar-refractivity contribution is 0.143. The van der Waals surface area contributed by atoms with E-state index in [2.05, 4.69) is 39.5 Å². The largest absolute Gasteiger partial charge is 0.378 e. The molecule has 0 atom stereocenters. The van der Waals surface area contributed by atoms with Crippen LogP contribution in [-0.2, 0) is 17.9 Å². The van der Waals surface area contributed by atoms with Crippen molar-refractivity contribution in [2.75, 3.05) is 38.6 Å². The molecule has 0 aliphatic carbocycles. The summed E-state index contributed by atoms with van der Waals surface area (Å²) in [4.78, 5) is 20.9. The highest BCUT2D eigenvalue weighted by atomic mass is 32.1. The number of carbonyl (C=O) groups is 1. The van der Waals surface area contributed by atoms with Gasteiger partial charge in [-0.2, -0.15) is 0 Å². The van der Waals surface area contributed by atoms with Crippen LogP contribution in [-0.4, -0.2) is 54.1 Å². The van der Waals surface area contributed by atoms with Gasteiger partial charge in [0, 0.05) is 45.2 Å². The predicted octanol–water partition coefficient (Wildman–Crippen LogP) is 2.64. The molecule has 7 heteroatoms. The fourth-order valence-corrected chi connectivity index (χ4v) is 3.38. The second-order valence-electron chi connectivity index (χ2n) is 5.76. The fraction of sp³-hybridized carbons (Fsp3) is 0.412. The molecule has 2 amide bonds. The maximum atomic E-state index is 12.3. The average molecular weight is 346 g/mol. The number of nitrogens with zero attached hydrogens (tertiary/aromatic N) is 3. The molecular weight excluding hydrogens is 324 g/mol. The van der Waals surface area contributed by atoms with Gasteiger partial charge in [0.2, 0.25) is 0 Å². The smallest absolute Gasteiger partial charge is 0.323 e. The lowest BCUT2D eigenvalue weighted by Gasteiger charge is -2.34. The number of methoxy groups -OCH3 is 1. The molecule has 0 saturated carbocycles. The van der Waals surface area contributed by atoms with E-state index < -0.39 is 0 Å². The Morgan fingerprint density at radius 2 is 2.00 bits per heavy atom. The van der Waals surface area contributed by atoms with Gasteiger partial charge in [0.25, 0.3) is 0 Å². The van der Waals surface area contributed by atoms with Gasteiger partial charge >= 0.3 is 6.03 Å². The molecule has 128 valence electrons. The normalized spacial score (nSPS) is 15.5. The van der Waals surface area contributed by atoms with E-state index in [0.29, 0.717) is 11.7 Å². The van der Waals surface area contributed by atoms with Crippen LogP contribution in [0.3, 0.4) is 0 Å². The Bertz CT molecular complexity index is 654. The van der Waals surface area contributed by atoms with E-state index in [-0.39, 0.29) is 6.03 Å². The summed E-state index contributed by atoms with van der Waals surface area (Å²) in [6.45, 7) is 4.63. The molecular formula is C17H22N4O2S. The Hall–Kier alpha value is -1.96. The Morgan fingerprint density at radius 3 is 2.71 bits per heavy atom. The number of aromatic nitrogens is 1. The predicted molar refractivity (Wildman–Crippen MR) is 95.1 cm³/mol. The van der Waals surface area contributed by atoms with Crippen molar-refractivity contribution in [3.05, 3.63) is 47.0 Å². The molecule has 0 radical (unpaired) electrons. The summed E-state index contributed by atoms with van der Waals surface area (Å²) in [5, 5.41) is 5.40. The Kier molecular flexibility index (Phi) is 5.79. The number of piperazine rings is 1. The topological polar surface area (TPSA) is 57.7 Å². The summed E-state index contributed by atoms with van der Waals surface area (Å²) < 4.78 is 5.04. The molecule has 2 aromatic rings. The molecule has 6 nitrogen and oxygen atoms in total. The van der Waals surface area contributed by atoms with Gasteiger partial charge in [-0.1, -0.05) is 30.3 Å². The molecule has 1 aliphatic rings. The second-order valence-corrected chi connectivity index (χ2v) is 6.61. The second kappa shape index (κ2) is 8.23. The SMILES string of the molecule is COCc1csc(NC(=O)N2CCN(Cc3ccccc3)CC2)n1. The zero-order valence-corrected chi connectivity index (χ0v) is 14.6. The molecule has 0 unspecified atom stereocenters. The summed E-state index contributed by atoms with van der Waals surface area (Å²) in [5.41, 5.74) is 2.15. The summed E-state index contributed by atoms with van der Waals surface area (Å²) in [5.74, 6) is 0. The van der Waals surface area contributed by atoms with E-state index in [1.807, 2.05) is 16.3 Å². The maximum Gasteiger partial charge on any atom is 0.323 e. The quantitative estimate of drug-likeness (QED) is 0.904. The highest BCUT2D eigenvalue weighted by Gasteiger charge is 2.21. The summed E-state index contributed by atoms with van der Waals surface area (Å²) in [6.07, 6.45) is 0. The van der Waals surface area contributed by atoms with Crippen LogP contribution in [0.1, 0.15) is 11.3 Å². The zero-order valence-electron chi connectivity index (χ0n) is 13.8. The number of amides is 2. The van der Waals surface area contributed by atoms with E-state index >= 15 is 0 Å².